The minimum Gasteiger partial charge on any atom is -0.395 e. The number of hydrogen-bond donors (Lipinski definition) is 2. The first-order valence-electron chi connectivity index (χ1n) is 8.18. The number of hydrogen-bond acceptors (Lipinski definition) is 2. The van der Waals surface area contributed by atoms with Crippen LogP contribution in [0.1, 0.15) is 37.3 Å². The van der Waals surface area contributed by atoms with Crippen LogP contribution >= 0.6 is 0 Å². The molecule has 1 aliphatic rings. The van der Waals surface area contributed by atoms with Gasteiger partial charge < -0.3 is 15.3 Å². The molecule has 0 aromatic heterocycles. The Labute approximate surface area is 137 Å². The molecule has 2 rings (SSSR count). The van der Waals surface area contributed by atoms with Gasteiger partial charge in [0.2, 0.25) is 0 Å². The molecule has 1 aromatic rings. The fourth-order valence-corrected chi connectivity index (χ4v) is 3.24. The number of nitrogens with zero attached hydrogens (tertiary/aromatic N) is 1. The quantitative estimate of drug-likeness (QED) is 0.758. The Morgan fingerprint density at radius 3 is 2.83 bits per heavy atom. The fraction of sp³-hybridized carbons (Fsp3) is 0.500. The SMILES string of the molecule is C=CCN(CCO)C(=O)NC(c1cccc(F)c1)C1CCCC1. The zero-order valence-electron chi connectivity index (χ0n) is 13.4. The van der Waals surface area contributed by atoms with Gasteiger partial charge in [-0.05, 0) is 36.5 Å². The Bertz CT molecular complexity index is 530. The molecule has 4 nitrogen and oxygen atoms in total. The minimum absolute atomic E-state index is 0.102. The molecule has 1 aromatic carbocycles. The fourth-order valence-electron chi connectivity index (χ4n) is 3.24. The van der Waals surface area contributed by atoms with Crippen LogP contribution in [-0.2, 0) is 0 Å². The van der Waals surface area contributed by atoms with Gasteiger partial charge in [0, 0.05) is 13.1 Å². The van der Waals surface area contributed by atoms with Gasteiger partial charge in [0.05, 0.1) is 12.6 Å². The van der Waals surface area contributed by atoms with Crippen LogP contribution in [0.2, 0.25) is 0 Å². The monoisotopic (exact) mass is 320 g/mol. The molecule has 0 saturated heterocycles. The average molecular weight is 320 g/mol. The summed E-state index contributed by atoms with van der Waals surface area (Å²) in [6.45, 7) is 4.15. The summed E-state index contributed by atoms with van der Waals surface area (Å²) >= 11 is 0. The van der Waals surface area contributed by atoms with E-state index in [1.807, 2.05) is 6.07 Å². The summed E-state index contributed by atoms with van der Waals surface area (Å²) in [6.07, 6.45) is 5.96. The first kappa shape index (κ1) is 17.5. The molecule has 1 unspecified atom stereocenters. The predicted molar refractivity (Wildman–Crippen MR) is 88.5 cm³/mol. The zero-order valence-corrected chi connectivity index (χ0v) is 13.4. The third-order valence-corrected chi connectivity index (χ3v) is 4.36. The zero-order chi connectivity index (χ0) is 16.7. The van der Waals surface area contributed by atoms with Crippen molar-refractivity contribution < 1.29 is 14.3 Å². The second kappa shape index (κ2) is 8.67. The summed E-state index contributed by atoms with van der Waals surface area (Å²) < 4.78 is 13.6. The van der Waals surface area contributed by atoms with Crippen molar-refractivity contribution in [1.82, 2.24) is 10.2 Å². The molecular weight excluding hydrogens is 295 g/mol. The number of amides is 2. The lowest BCUT2D eigenvalue weighted by atomic mass is 9.91. The van der Waals surface area contributed by atoms with Crippen LogP contribution in [0.5, 0.6) is 0 Å². The van der Waals surface area contributed by atoms with Crippen LogP contribution in [0.15, 0.2) is 36.9 Å². The van der Waals surface area contributed by atoms with Crippen LogP contribution in [0.4, 0.5) is 9.18 Å². The van der Waals surface area contributed by atoms with Gasteiger partial charge >= 0.3 is 6.03 Å². The smallest absolute Gasteiger partial charge is 0.318 e. The molecule has 23 heavy (non-hydrogen) atoms. The highest BCUT2D eigenvalue weighted by molar-refractivity contribution is 5.75. The summed E-state index contributed by atoms with van der Waals surface area (Å²) in [5.41, 5.74) is 0.799. The molecule has 2 amide bonds. The normalized spacial score (nSPS) is 16.1. The summed E-state index contributed by atoms with van der Waals surface area (Å²) in [5, 5.41) is 12.1. The summed E-state index contributed by atoms with van der Waals surface area (Å²) in [6, 6.07) is 5.98. The first-order valence-corrected chi connectivity index (χ1v) is 8.18. The van der Waals surface area contributed by atoms with Crippen molar-refractivity contribution in [3.8, 4) is 0 Å². The highest BCUT2D eigenvalue weighted by atomic mass is 19.1. The molecule has 0 heterocycles. The maximum Gasteiger partial charge on any atom is 0.318 e. The average Bonchev–Trinajstić information content (AvgIpc) is 3.06. The van der Waals surface area contributed by atoms with Gasteiger partial charge in [-0.3, -0.25) is 0 Å². The summed E-state index contributed by atoms with van der Waals surface area (Å²) in [7, 11) is 0. The first-order chi connectivity index (χ1) is 11.2. The van der Waals surface area contributed by atoms with Gasteiger partial charge in [-0.15, -0.1) is 6.58 Å². The Morgan fingerprint density at radius 2 is 2.22 bits per heavy atom. The largest absolute Gasteiger partial charge is 0.395 e. The second-order valence-electron chi connectivity index (χ2n) is 5.99. The van der Waals surface area contributed by atoms with E-state index in [9.17, 15) is 9.18 Å². The summed E-state index contributed by atoms with van der Waals surface area (Å²) in [5.74, 6) is 0.0264. The Kier molecular flexibility index (Phi) is 6.59. The van der Waals surface area contributed by atoms with E-state index >= 15 is 0 Å². The molecule has 1 aliphatic carbocycles. The molecule has 1 fully saturated rings. The maximum atomic E-state index is 13.6. The van der Waals surface area contributed by atoms with E-state index in [1.54, 1.807) is 12.1 Å². The van der Waals surface area contributed by atoms with Crippen LogP contribution in [0, 0.1) is 11.7 Å². The molecule has 0 aliphatic heterocycles. The highest BCUT2D eigenvalue weighted by Crippen LogP contribution is 2.36. The third kappa shape index (κ3) is 4.79. The van der Waals surface area contributed by atoms with Gasteiger partial charge in [0.25, 0.3) is 0 Å². The van der Waals surface area contributed by atoms with Crippen molar-refractivity contribution in [3.63, 3.8) is 0 Å². The third-order valence-electron chi connectivity index (χ3n) is 4.36. The van der Waals surface area contributed by atoms with E-state index in [-0.39, 0.29) is 31.0 Å². The Balaban J connectivity index is 2.16. The van der Waals surface area contributed by atoms with Crippen molar-refractivity contribution in [2.45, 2.75) is 31.7 Å². The molecule has 0 spiro atoms. The number of nitrogens with one attached hydrogen (secondary N) is 1. The number of aliphatic hydroxyl groups excluding tert-OH is 1. The number of rotatable bonds is 7. The highest BCUT2D eigenvalue weighted by Gasteiger charge is 2.29. The van der Waals surface area contributed by atoms with E-state index in [0.29, 0.717) is 12.5 Å². The van der Waals surface area contributed by atoms with E-state index < -0.39 is 0 Å². The minimum atomic E-state index is -0.293. The van der Waals surface area contributed by atoms with Crippen molar-refractivity contribution >= 4 is 6.03 Å². The van der Waals surface area contributed by atoms with E-state index in [1.165, 1.54) is 17.0 Å². The summed E-state index contributed by atoms with van der Waals surface area (Å²) in [4.78, 5) is 14.0. The Morgan fingerprint density at radius 1 is 1.48 bits per heavy atom. The molecule has 0 bridgehead atoms. The molecule has 1 atom stereocenters. The number of carbonyl (C=O) groups excluding carboxylic acids is 1. The van der Waals surface area contributed by atoms with Gasteiger partial charge in [-0.2, -0.15) is 0 Å². The number of benzene rings is 1. The maximum absolute atomic E-state index is 13.6. The van der Waals surface area contributed by atoms with Crippen molar-refractivity contribution in [1.29, 1.82) is 0 Å². The lowest BCUT2D eigenvalue weighted by Gasteiger charge is -2.29. The van der Waals surface area contributed by atoms with Gasteiger partial charge in [-0.25, -0.2) is 9.18 Å². The van der Waals surface area contributed by atoms with Crippen LogP contribution < -0.4 is 5.32 Å². The van der Waals surface area contributed by atoms with Crippen molar-refractivity contribution in [2.24, 2.45) is 5.92 Å². The lowest BCUT2D eigenvalue weighted by molar-refractivity contribution is 0.176. The Hall–Kier alpha value is -1.88. The standard InChI is InChI=1S/C18H25FN2O2/c1-2-10-21(11-12-22)18(23)20-17(14-6-3-4-7-14)15-8-5-9-16(19)13-15/h2,5,8-9,13-14,17,22H,1,3-4,6-7,10-12H2,(H,20,23). The number of halogens is 1. The van der Waals surface area contributed by atoms with Crippen molar-refractivity contribution in [2.75, 3.05) is 19.7 Å². The van der Waals surface area contributed by atoms with Gasteiger partial charge in [0.15, 0.2) is 0 Å². The number of aliphatic hydroxyl groups is 1. The molecule has 0 radical (unpaired) electrons. The van der Waals surface area contributed by atoms with Crippen LogP contribution in [0.3, 0.4) is 0 Å². The molecule has 5 heteroatoms. The number of carbonyl (C=O) groups is 1. The molecule has 126 valence electrons. The van der Waals surface area contributed by atoms with Gasteiger partial charge in [-0.1, -0.05) is 31.1 Å². The topological polar surface area (TPSA) is 52.6 Å². The van der Waals surface area contributed by atoms with Crippen LogP contribution in [0.25, 0.3) is 0 Å². The molecule has 2 N–H and O–H groups in total. The van der Waals surface area contributed by atoms with Crippen molar-refractivity contribution in [3.05, 3.63) is 48.3 Å². The molecule has 1 saturated carbocycles. The molecular formula is C18H25FN2O2. The predicted octanol–water partition coefficient (Wildman–Crippen LogP) is 3.25. The van der Waals surface area contributed by atoms with E-state index in [0.717, 1.165) is 31.2 Å². The van der Waals surface area contributed by atoms with Gasteiger partial charge in [0.1, 0.15) is 5.82 Å². The van der Waals surface area contributed by atoms with E-state index in [4.69, 9.17) is 5.11 Å². The second-order valence-corrected chi connectivity index (χ2v) is 5.99. The lowest BCUT2D eigenvalue weighted by Crippen LogP contribution is -2.44. The van der Waals surface area contributed by atoms with Crippen LogP contribution in [-0.4, -0.2) is 35.7 Å². The van der Waals surface area contributed by atoms with E-state index in [2.05, 4.69) is 11.9 Å². The number of urea groups is 1.